The molecule has 2 aliphatic rings. The van der Waals surface area contributed by atoms with Crippen molar-refractivity contribution in [3.63, 3.8) is 0 Å². The van der Waals surface area contributed by atoms with Crippen LogP contribution in [0.2, 0.25) is 5.02 Å². The maximum atomic E-state index is 13.6. The maximum absolute atomic E-state index is 13.6. The quantitative estimate of drug-likeness (QED) is 0.449. The Balaban J connectivity index is 1.62. The van der Waals surface area contributed by atoms with Gasteiger partial charge in [-0.2, -0.15) is 0 Å². The maximum Gasteiger partial charge on any atom is 0.246 e. The summed E-state index contributed by atoms with van der Waals surface area (Å²) in [5, 5.41) is 20.1. The molecule has 214 valence electrons. The summed E-state index contributed by atoms with van der Waals surface area (Å²) in [5.74, 6) is -0.442. The van der Waals surface area contributed by atoms with Crippen LogP contribution in [0.3, 0.4) is 0 Å². The van der Waals surface area contributed by atoms with Gasteiger partial charge in [-0.3, -0.25) is 14.4 Å². The number of hydrogen-bond donors (Lipinski definition) is 4. The highest BCUT2D eigenvalue weighted by Gasteiger charge is 2.41. The van der Waals surface area contributed by atoms with Gasteiger partial charge in [-0.05, 0) is 49.4 Å². The molecule has 1 unspecified atom stereocenters. The molecule has 1 heterocycles. The van der Waals surface area contributed by atoms with Crippen molar-refractivity contribution in [2.75, 3.05) is 26.7 Å². The molecule has 1 aliphatic heterocycles. The SMILES string of the molecule is CC(O)[C@H]1C(=O)N[C@H](Cc2ccc(Cl)cc2)C(=O)NC/C=C/c2ccccc2OCCN[C@@H](C2CC2)C(=O)N1C. The highest BCUT2D eigenvalue weighted by Crippen LogP contribution is 2.33. The Morgan fingerprint density at radius 3 is 2.50 bits per heavy atom. The normalized spacial score (nSPS) is 24.9. The van der Waals surface area contributed by atoms with Crippen LogP contribution in [-0.2, 0) is 20.8 Å². The Morgan fingerprint density at radius 2 is 1.80 bits per heavy atom. The molecule has 0 saturated heterocycles. The molecular formula is C30H37ClN4O5. The number of aliphatic hydroxyl groups excluding tert-OH is 1. The Morgan fingerprint density at radius 1 is 1.07 bits per heavy atom. The van der Waals surface area contributed by atoms with Gasteiger partial charge in [0, 0.05) is 37.1 Å². The average Bonchev–Trinajstić information content (AvgIpc) is 3.77. The molecule has 1 aliphatic carbocycles. The van der Waals surface area contributed by atoms with E-state index in [1.54, 1.807) is 24.3 Å². The summed E-state index contributed by atoms with van der Waals surface area (Å²) < 4.78 is 5.99. The van der Waals surface area contributed by atoms with Gasteiger partial charge in [0.15, 0.2) is 0 Å². The van der Waals surface area contributed by atoms with E-state index in [-0.39, 0.29) is 24.8 Å². The molecule has 1 saturated carbocycles. The molecule has 4 atom stereocenters. The van der Waals surface area contributed by atoms with Gasteiger partial charge in [0.2, 0.25) is 17.7 Å². The molecule has 3 amide bonds. The molecule has 9 nitrogen and oxygen atoms in total. The Kier molecular flexibility index (Phi) is 10.2. The largest absolute Gasteiger partial charge is 0.492 e. The van der Waals surface area contributed by atoms with E-state index in [2.05, 4.69) is 16.0 Å². The fraction of sp³-hybridized carbons (Fsp3) is 0.433. The number of nitrogens with zero attached hydrogens (tertiary/aromatic N) is 1. The van der Waals surface area contributed by atoms with Crippen molar-refractivity contribution in [2.24, 2.45) is 5.92 Å². The minimum atomic E-state index is -1.18. The first-order chi connectivity index (χ1) is 19.2. The van der Waals surface area contributed by atoms with Crippen LogP contribution in [0.5, 0.6) is 5.75 Å². The number of hydrogen-bond acceptors (Lipinski definition) is 6. The van der Waals surface area contributed by atoms with Crippen LogP contribution < -0.4 is 20.7 Å². The second-order valence-electron chi connectivity index (χ2n) is 10.3. The van der Waals surface area contributed by atoms with Crippen molar-refractivity contribution in [1.29, 1.82) is 0 Å². The lowest BCUT2D eigenvalue weighted by atomic mass is 10.0. The third-order valence-electron chi connectivity index (χ3n) is 7.17. The van der Waals surface area contributed by atoms with Crippen molar-refractivity contribution in [3.8, 4) is 5.75 Å². The molecule has 0 bridgehead atoms. The van der Waals surface area contributed by atoms with Crippen LogP contribution in [0.4, 0.5) is 0 Å². The first-order valence-corrected chi connectivity index (χ1v) is 14.0. The number of rotatable bonds is 4. The van der Waals surface area contributed by atoms with E-state index in [1.165, 1.54) is 18.9 Å². The molecule has 0 radical (unpaired) electrons. The van der Waals surface area contributed by atoms with Crippen LogP contribution in [0.25, 0.3) is 6.08 Å². The second kappa shape index (κ2) is 13.8. The minimum Gasteiger partial charge on any atom is -0.492 e. The van der Waals surface area contributed by atoms with Crippen LogP contribution >= 0.6 is 11.6 Å². The predicted octanol–water partition coefficient (Wildman–Crippen LogP) is 2.17. The van der Waals surface area contributed by atoms with Crippen molar-refractivity contribution in [2.45, 2.75) is 50.4 Å². The van der Waals surface area contributed by atoms with Crippen molar-refractivity contribution >= 4 is 35.4 Å². The standard InChI is InChI=1S/C30H37ClN4O5/c1-19(36)27-29(38)34-24(18-20-9-13-23(31)14-10-20)28(37)33-15-5-7-21-6-3-4-8-25(21)40-17-16-32-26(22-11-12-22)30(39)35(27)2/h3-10,13-14,19,22,24,26-27,32,36H,11-12,15-18H2,1-2H3,(H,33,37)(H,34,38)/b7-5+/t19?,24-,26+,27+/m1/s1. The van der Waals surface area contributed by atoms with E-state index >= 15 is 0 Å². The first-order valence-electron chi connectivity index (χ1n) is 13.6. The zero-order chi connectivity index (χ0) is 28.6. The lowest BCUT2D eigenvalue weighted by Gasteiger charge is -2.33. The molecule has 2 aromatic rings. The number of benzene rings is 2. The van der Waals surface area contributed by atoms with E-state index in [0.717, 1.165) is 24.0 Å². The number of aliphatic hydroxyl groups is 1. The van der Waals surface area contributed by atoms with Gasteiger partial charge >= 0.3 is 0 Å². The molecule has 0 aromatic heterocycles. The molecule has 2 aromatic carbocycles. The molecule has 40 heavy (non-hydrogen) atoms. The summed E-state index contributed by atoms with van der Waals surface area (Å²) in [6, 6.07) is 12.0. The number of carbonyl (C=O) groups is 3. The Labute approximate surface area is 239 Å². The van der Waals surface area contributed by atoms with E-state index in [0.29, 0.717) is 23.9 Å². The van der Waals surface area contributed by atoms with Crippen LogP contribution in [0, 0.1) is 5.92 Å². The Bertz CT molecular complexity index is 1210. The van der Waals surface area contributed by atoms with E-state index in [4.69, 9.17) is 16.3 Å². The molecule has 0 spiro atoms. The van der Waals surface area contributed by atoms with Gasteiger partial charge in [-0.25, -0.2) is 0 Å². The molecule has 1 fully saturated rings. The summed E-state index contributed by atoms with van der Waals surface area (Å²) in [6.07, 6.45) is 4.53. The second-order valence-corrected chi connectivity index (χ2v) is 10.8. The summed E-state index contributed by atoms with van der Waals surface area (Å²) in [5.41, 5.74) is 1.66. The fourth-order valence-corrected chi connectivity index (χ4v) is 5.00. The summed E-state index contributed by atoms with van der Waals surface area (Å²) >= 11 is 6.02. The zero-order valence-electron chi connectivity index (χ0n) is 22.8. The third kappa shape index (κ3) is 7.84. The number of fused-ring (bicyclic) bond motifs is 1. The monoisotopic (exact) mass is 568 g/mol. The molecular weight excluding hydrogens is 532 g/mol. The van der Waals surface area contributed by atoms with E-state index in [9.17, 15) is 19.5 Å². The van der Waals surface area contributed by atoms with Gasteiger partial charge in [0.05, 0.1) is 12.1 Å². The van der Waals surface area contributed by atoms with Gasteiger partial charge in [-0.15, -0.1) is 0 Å². The lowest BCUT2D eigenvalue weighted by Crippen LogP contribution is -2.60. The summed E-state index contributed by atoms with van der Waals surface area (Å²) in [6.45, 7) is 2.46. The number of amides is 3. The Hall–Kier alpha value is -3.40. The number of ether oxygens (including phenoxy) is 1. The highest BCUT2D eigenvalue weighted by molar-refractivity contribution is 6.30. The summed E-state index contributed by atoms with van der Waals surface area (Å²) in [7, 11) is 1.51. The van der Waals surface area contributed by atoms with E-state index < -0.39 is 36.0 Å². The fourth-order valence-electron chi connectivity index (χ4n) is 4.88. The highest BCUT2D eigenvalue weighted by atomic mass is 35.5. The van der Waals surface area contributed by atoms with Gasteiger partial charge < -0.3 is 30.7 Å². The number of halogens is 1. The number of para-hydroxylation sites is 1. The predicted molar refractivity (Wildman–Crippen MR) is 154 cm³/mol. The third-order valence-corrected chi connectivity index (χ3v) is 7.42. The number of nitrogens with one attached hydrogen (secondary N) is 3. The molecule has 4 rings (SSSR count). The average molecular weight is 569 g/mol. The smallest absolute Gasteiger partial charge is 0.246 e. The number of likely N-dealkylation sites (N-methyl/N-ethyl adjacent to an activating group) is 1. The molecule has 10 heteroatoms. The van der Waals surface area contributed by atoms with Crippen LogP contribution in [-0.4, -0.2) is 78.7 Å². The van der Waals surface area contributed by atoms with Crippen LogP contribution in [0.1, 0.15) is 30.9 Å². The van der Waals surface area contributed by atoms with Crippen LogP contribution in [0.15, 0.2) is 54.6 Å². The van der Waals surface area contributed by atoms with Gasteiger partial charge in [0.25, 0.3) is 0 Å². The zero-order valence-corrected chi connectivity index (χ0v) is 23.6. The van der Waals surface area contributed by atoms with Crippen molar-refractivity contribution in [3.05, 3.63) is 70.8 Å². The van der Waals surface area contributed by atoms with Gasteiger partial charge in [-0.1, -0.05) is 54.1 Å². The topological polar surface area (TPSA) is 120 Å². The first kappa shape index (κ1) is 29.6. The van der Waals surface area contributed by atoms with Crippen molar-refractivity contribution in [1.82, 2.24) is 20.9 Å². The molecule has 4 N–H and O–H groups in total. The number of carbonyl (C=O) groups excluding carboxylic acids is 3. The summed E-state index contributed by atoms with van der Waals surface area (Å²) in [4.78, 5) is 41.7. The van der Waals surface area contributed by atoms with E-state index in [1.807, 2.05) is 36.4 Å². The lowest BCUT2D eigenvalue weighted by molar-refractivity contribution is -0.145. The van der Waals surface area contributed by atoms with Crippen molar-refractivity contribution < 1.29 is 24.2 Å². The van der Waals surface area contributed by atoms with Gasteiger partial charge in [0.1, 0.15) is 24.4 Å². The minimum absolute atomic E-state index is 0.150.